The first-order valence-corrected chi connectivity index (χ1v) is 12.8. The van der Waals surface area contributed by atoms with Gasteiger partial charge < -0.3 is 10.2 Å². The molecule has 1 fully saturated rings. The van der Waals surface area contributed by atoms with Crippen LogP contribution in [0, 0.1) is 5.92 Å². The van der Waals surface area contributed by atoms with Gasteiger partial charge in [0, 0.05) is 19.5 Å². The van der Waals surface area contributed by atoms with Crippen LogP contribution in [-0.4, -0.2) is 43.4 Å². The molecule has 1 unspecified atom stereocenters. The van der Waals surface area contributed by atoms with Crippen LogP contribution < -0.4 is 10.0 Å². The van der Waals surface area contributed by atoms with Crippen LogP contribution in [0.5, 0.6) is 0 Å². The molecule has 0 radical (unpaired) electrons. The topological polar surface area (TPSA) is 108 Å². The molecule has 11 heteroatoms. The summed E-state index contributed by atoms with van der Waals surface area (Å²) >= 11 is 6.08. The van der Waals surface area contributed by atoms with E-state index in [1.165, 1.54) is 20.0 Å². The highest BCUT2D eigenvalue weighted by atomic mass is 35.5. The quantitative estimate of drug-likeness (QED) is 0.453. The maximum atomic E-state index is 13.2. The molecule has 2 atom stereocenters. The zero-order valence-corrected chi connectivity index (χ0v) is 19.2. The molecule has 1 aromatic carbocycles. The van der Waals surface area contributed by atoms with Gasteiger partial charge in [0.2, 0.25) is 15.9 Å². The maximum absolute atomic E-state index is 13.2. The minimum absolute atomic E-state index is 0.0471. The first-order chi connectivity index (χ1) is 14.1. The third-order valence-electron chi connectivity index (χ3n) is 5.58. The molecule has 8 nitrogen and oxygen atoms in total. The van der Waals surface area contributed by atoms with E-state index in [0.717, 1.165) is 12.8 Å². The number of benzene rings is 1. The van der Waals surface area contributed by atoms with Crippen LogP contribution >= 0.6 is 22.5 Å². The van der Waals surface area contributed by atoms with E-state index in [1.54, 1.807) is 10.3 Å². The number of thiol groups is 1. The lowest BCUT2D eigenvalue weighted by atomic mass is 10.1. The van der Waals surface area contributed by atoms with Gasteiger partial charge in [0.05, 0.1) is 10.5 Å². The standard InChI is InChI=1S/C19H23ClN4O4S2/c1-10(12-4-5-12)24-8-13-6-14(29-9-16(20)23-19(29)22-11(2)25)7-15(17(13)18(24)26)30(27,28)21-3/h6-7,9-10,12,21,29H,4-5,8H2,1-3H3,(H,22,23,25)/t10-/m0/s1. The zero-order chi connectivity index (χ0) is 21.8. The summed E-state index contributed by atoms with van der Waals surface area (Å²) in [5.41, 5.74) is 0.891. The van der Waals surface area contributed by atoms with Crippen LogP contribution in [0.15, 0.2) is 37.5 Å². The molecule has 162 valence electrons. The summed E-state index contributed by atoms with van der Waals surface area (Å²) in [5, 5.41) is 5.02. The van der Waals surface area contributed by atoms with Gasteiger partial charge in [0.15, 0.2) is 5.17 Å². The molecule has 1 saturated carbocycles. The summed E-state index contributed by atoms with van der Waals surface area (Å²) in [6.07, 6.45) is 2.17. The molecule has 3 aliphatic rings. The summed E-state index contributed by atoms with van der Waals surface area (Å²) in [6.45, 7) is 3.75. The normalized spacial score (nSPS) is 23.1. The van der Waals surface area contributed by atoms with Crippen molar-refractivity contribution in [3.8, 4) is 0 Å². The largest absolute Gasteiger partial charge is 0.331 e. The molecule has 2 heterocycles. The van der Waals surface area contributed by atoms with Gasteiger partial charge in [-0.25, -0.2) is 18.1 Å². The summed E-state index contributed by atoms with van der Waals surface area (Å²) in [4.78, 5) is 31.3. The van der Waals surface area contributed by atoms with Gasteiger partial charge in [-0.05, 0) is 60.7 Å². The van der Waals surface area contributed by atoms with Crippen molar-refractivity contribution in [1.29, 1.82) is 0 Å². The van der Waals surface area contributed by atoms with Crippen LogP contribution in [0.25, 0.3) is 0 Å². The first kappa shape index (κ1) is 21.4. The molecule has 1 aliphatic carbocycles. The number of nitrogens with one attached hydrogen (secondary N) is 2. The molecule has 0 bridgehead atoms. The van der Waals surface area contributed by atoms with Crippen LogP contribution in [0.4, 0.5) is 0 Å². The second-order valence-electron chi connectivity index (χ2n) is 7.64. The van der Waals surface area contributed by atoms with E-state index in [0.29, 0.717) is 28.1 Å². The average Bonchev–Trinajstić information content (AvgIpc) is 3.40. The van der Waals surface area contributed by atoms with Crippen molar-refractivity contribution < 1.29 is 18.0 Å². The van der Waals surface area contributed by atoms with Gasteiger partial charge in [0.1, 0.15) is 5.16 Å². The van der Waals surface area contributed by atoms with Crippen LogP contribution in [-0.2, 0) is 21.4 Å². The van der Waals surface area contributed by atoms with E-state index in [1.807, 2.05) is 13.0 Å². The van der Waals surface area contributed by atoms with E-state index in [2.05, 4.69) is 15.0 Å². The number of nitrogens with zero attached hydrogens (tertiary/aromatic N) is 2. The molecule has 0 saturated heterocycles. The van der Waals surface area contributed by atoms with Crippen molar-refractivity contribution in [2.24, 2.45) is 10.9 Å². The first-order valence-electron chi connectivity index (χ1n) is 9.56. The molecule has 0 spiro atoms. The number of sulfonamides is 1. The third kappa shape index (κ3) is 3.77. The maximum Gasteiger partial charge on any atom is 0.256 e. The summed E-state index contributed by atoms with van der Waals surface area (Å²) < 4.78 is 27.9. The number of carbonyl (C=O) groups excluding carboxylic acids is 2. The van der Waals surface area contributed by atoms with Crippen molar-refractivity contribution in [1.82, 2.24) is 14.9 Å². The average molecular weight is 471 g/mol. The number of aliphatic imine (C=N–C) groups is 1. The number of carbonyl (C=O) groups is 2. The number of amidine groups is 1. The Morgan fingerprint density at radius 3 is 2.67 bits per heavy atom. The Labute approximate surface area is 183 Å². The zero-order valence-electron chi connectivity index (χ0n) is 16.8. The van der Waals surface area contributed by atoms with Gasteiger partial charge in [0.25, 0.3) is 5.91 Å². The second-order valence-corrected chi connectivity index (χ2v) is 11.8. The van der Waals surface area contributed by atoms with Gasteiger partial charge in [-0.1, -0.05) is 11.6 Å². The van der Waals surface area contributed by atoms with Crippen molar-refractivity contribution in [2.75, 3.05) is 7.05 Å². The van der Waals surface area contributed by atoms with Gasteiger partial charge in [-0.3, -0.25) is 9.59 Å². The van der Waals surface area contributed by atoms with Gasteiger partial charge in [-0.15, -0.1) is 10.9 Å². The summed E-state index contributed by atoms with van der Waals surface area (Å²) in [7, 11) is -3.86. The Morgan fingerprint density at radius 1 is 1.37 bits per heavy atom. The highest BCUT2D eigenvalue weighted by molar-refractivity contribution is 8.32. The summed E-state index contributed by atoms with van der Waals surface area (Å²) in [6, 6.07) is 3.40. The van der Waals surface area contributed by atoms with E-state index < -0.39 is 20.9 Å². The van der Waals surface area contributed by atoms with Crippen molar-refractivity contribution >= 4 is 49.5 Å². The van der Waals surface area contributed by atoms with Crippen molar-refractivity contribution in [3.63, 3.8) is 0 Å². The Bertz CT molecular complexity index is 1110. The third-order valence-corrected chi connectivity index (χ3v) is 9.35. The number of hydrogen-bond donors (Lipinski definition) is 3. The van der Waals surface area contributed by atoms with Crippen LogP contribution in [0.1, 0.15) is 42.6 Å². The van der Waals surface area contributed by atoms with Crippen molar-refractivity contribution in [2.45, 2.75) is 49.1 Å². The Balaban J connectivity index is 1.82. The van der Waals surface area contributed by atoms with E-state index >= 15 is 0 Å². The fraction of sp³-hybridized carbons (Fsp3) is 0.421. The molecule has 4 rings (SSSR count). The molecule has 2 aliphatic heterocycles. The van der Waals surface area contributed by atoms with E-state index in [4.69, 9.17) is 11.6 Å². The number of fused-ring (bicyclic) bond motifs is 1. The number of halogens is 1. The minimum atomic E-state index is -3.88. The molecular formula is C19H23ClN4O4S2. The molecule has 1 aromatic rings. The van der Waals surface area contributed by atoms with Crippen molar-refractivity contribution in [3.05, 3.63) is 33.8 Å². The lowest BCUT2D eigenvalue weighted by Gasteiger charge is -2.24. The fourth-order valence-corrected chi connectivity index (χ4v) is 7.20. The van der Waals surface area contributed by atoms with E-state index in [-0.39, 0.29) is 33.5 Å². The van der Waals surface area contributed by atoms with Crippen LogP contribution in [0.2, 0.25) is 0 Å². The van der Waals surface area contributed by atoms with Gasteiger partial charge in [-0.2, -0.15) is 0 Å². The molecule has 2 N–H and O–H groups in total. The lowest BCUT2D eigenvalue weighted by molar-refractivity contribution is -0.117. The molecule has 0 aromatic heterocycles. The molecule has 2 amide bonds. The Hall–Kier alpha value is -1.88. The minimum Gasteiger partial charge on any atom is -0.331 e. The predicted molar refractivity (Wildman–Crippen MR) is 117 cm³/mol. The Kier molecular flexibility index (Phi) is 5.46. The molecular weight excluding hydrogens is 448 g/mol. The number of amides is 2. The predicted octanol–water partition coefficient (Wildman–Crippen LogP) is 2.25. The molecule has 30 heavy (non-hydrogen) atoms. The highest BCUT2D eigenvalue weighted by Crippen LogP contribution is 2.48. The second kappa shape index (κ2) is 7.67. The SMILES string of the molecule is CNS(=O)(=O)c1cc([SH]2C=C(Cl)N=C2NC(C)=O)cc2c1C(=O)N([C@@H](C)C1CC1)C2. The Morgan fingerprint density at radius 2 is 2.07 bits per heavy atom. The monoisotopic (exact) mass is 470 g/mol. The fourth-order valence-electron chi connectivity index (χ4n) is 3.84. The highest BCUT2D eigenvalue weighted by Gasteiger charge is 2.41. The number of hydrogen-bond acceptors (Lipinski definition) is 5. The van der Waals surface area contributed by atoms with Gasteiger partial charge >= 0.3 is 0 Å². The number of rotatable bonds is 5. The van der Waals surface area contributed by atoms with E-state index in [9.17, 15) is 18.0 Å². The lowest BCUT2D eigenvalue weighted by Crippen LogP contribution is -2.35. The smallest absolute Gasteiger partial charge is 0.256 e. The summed E-state index contributed by atoms with van der Waals surface area (Å²) in [5.74, 6) is -0.0790. The van der Waals surface area contributed by atoms with Crippen LogP contribution in [0.3, 0.4) is 0 Å².